The van der Waals surface area contributed by atoms with Gasteiger partial charge in [0.1, 0.15) is 0 Å². The summed E-state index contributed by atoms with van der Waals surface area (Å²) in [5.74, 6) is 1.19. The summed E-state index contributed by atoms with van der Waals surface area (Å²) in [7, 11) is 0. The van der Waals surface area contributed by atoms with Crippen molar-refractivity contribution in [2.24, 2.45) is 11.8 Å². The SMILES string of the molecule is CCCC1CC1C#N. The zero-order valence-corrected chi connectivity index (χ0v) is 5.22. The molecular weight excluding hydrogens is 98.1 g/mol. The predicted octanol–water partition coefficient (Wildman–Crippen LogP) is 1.95. The molecule has 0 aromatic heterocycles. The number of nitrogens with zero attached hydrogens (tertiary/aromatic N) is 1. The molecule has 0 N–H and O–H groups in total. The van der Waals surface area contributed by atoms with Crippen molar-refractivity contribution in [3.05, 3.63) is 0 Å². The summed E-state index contributed by atoms with van der Waals surface area (Å²) in [6, 6.07) is 2.27. The van der Waals surface area contributed by atoms with Crippen LogP contribution in [0, 0.1) is 23.2 Å². The van der Waals surface area contributed by atoms with E-state index >= 15 is 0 Å². The molecule has 1 aliphatic carbocycles. The van der Waals surface area contributed by atoms with Gasteiger partial charge in [-0.3, -0.25) is 0 Å². The summed E-state index contributed by atoms with van der Waals surface area (Å²) in [5, 5.41) is 8.35. The van der Waals surface area contributed by atoms with Gasteiger partial charge in [0, 0.05) is 5.92 Å². The molecule has 0 amide bonds. The lowest BCUT2D eigenvalue weighted by Crippen LogP contribution is -1.76. The molecule has 0 aromatic rings. The Labute approximate surface area is 50.3 Å². The van der Waals surface area contributed by atoms with E-state index in [1.165, 1.54) is 19.3 Å². The van der Waals surface area contributed by atoms with Gasteiger partial charge in [0.2, 0.25) is 0 Å². The van der Waals surface area contributed by atoms with Crippen molar-refractivity contribution in [3.63, 3.8) is 0 Å². The van der Waals surface area contributed by atoms with E-state index in [-0.39, 0.29) is 0 Å². The molecule has 8 heavy (non-hydrogen) atoms. The van der Waals surface area contributed by atoms with Crippen molar-refractivity contribution in [1.29, 1.82) is 5.26 Å². The summed E-state index contributed by atoms with van der Waals surface area (Å²) in [5.41, 5.74) is 0. The van der Waals surface area contributed by atoms with Crippen LogP contribution in [0.2, 0.25) is 0 Å². The van der Waals surface area contributed by atoms with E-state index in [1.807, 2.05) is 0 Å². The standard InChI is InChI=1S/C7H11N/c1-2-3-6-4-7(6)5-8/h6-7H,2-4H2,1H3. The topological polar surface area (TPSA) is 23.8 Å². The van der Waals surface area contributed by atoms with Crippen LogP contribution in [0.5, 0.6) is 0 Å². The van der Waals surface area contributed by atoms with Crippen LogP contribution in [0.25, 0.3) is 0 Å². The Morgan fingerprint density at radius 3 is 2.88 bits per heavy atom. The van der Waals surface area contributed by atoms with Crippen LogP contribution in [0.15, 0.2) is 0 Å². The Kier molecular flexibility index (Phi) is 1.53. The highest BCUT2D eigenvalue weighted by Gasteiger charge is 2.35. The van der Waals surface area contributed by atoms with Crippen LogP contribution in [-0.4, -0.2) is 0 Å². The van der Waals surface area contributed by atoms with Gasteiger partial charge < -0.3 is 0 Å². The highest BCUT2D eigenvalue weighted by atomic mass is 14.4. The Morgan fingerprint density at radius 2 is 2.50 bits per heavy atom. The fourth-order valence-corrected chi connectivity index (χ4v) is 1.10. The average Bonchev–Trinajstić information content (AvgIpc) is 2.48. The normalized spacial score (nSPS) is 34.0. The molecule has 0 heterocycles. The molecule has 1 aliphatic rings. The lowest BCUT2D eigenvalue weighted by Gasteiger charge is -1.85. The summed E-state index contributed by atoms with van der Waals surface area (Å²) in [6.45, 7) is 2.17. The lowest BCUT2D eigenvalue weighted by atomic mass is 10.2. The highest BCUT2D eigenvalue weighted by Crippen LogP contribution is 2.40. The minimum absolute atomic E-state index is 0.426. The molecule has 0 radical (unpaired) electrons. The van der Waals surface area contributed by atoms with Gasteiger partial charge in [-0.1, -0.05) is 13.3 Å². The molecule has 0 spiro atoms. The Bertz CT molecular complexity index is 112. The molecule has 0 aromatic carbocycles. The molecule has 2 unspecified atom stereocenters. The van der Waals surface area contributed by atoms with E-state index in [0.29, 0.717) is 5.92 Å². The lowest BCUT2D eigenvalue weighted by molar-refractivity contribution is 0.682. The quantitative estimate of drug-likeness (QED) is 0.531. The van der Waals surface area contributed by atoms with Gasteiger partial charge in [-0.15, -0.1) is 0 Å². The second-order valence-electron chi connectivity index (χ2n) is 2.52. The fraction of sp³-hybridized carbons (Fsp3) is 0.857. The Morgan fingerprint density at radius 1 is 1.75 bits per heavy atom. The minimum atomic E-state index is 0.426. The molecule has 44 valence electrons. The maximum atomic E-state index is 8.35. The maximum Gasteiger partial charge on any atom is 0.0658 e. The molecular formula is C7H11N. The molecule has 1 fully saturated rings. The predicted molar refractivity (Wildman–Crippen MR) is 32.1 cm³/mol. The van der Waals surface area contributed by atoms with E-state index < -0.39 is 0 Å². The first-order valence-corrected chi connectivity index (χ1v) is 3.28. The highest BCUT2D eigenvalue weighted by molar-refractivity contribution is 5.00. The smallest absolute Gasteiger partial charge is 0.0658 e. The van der Waals surface area contributed by atoms with Crippen molar-refractivity contribution in [2.45, 2.75) is 26.2 Å². The van der Waals surface area contributed by atoms with Crippen LogP contribution in [0.3, 0.4) is 0 Å². The monoisotopic (exact) mass is 109 g/mol. The van der Waals surface area contributed by atoms with Gasteiger partial charge in [0.25, 0.3) is 0 Å². The van der Waals surface area contributed by atoms with Gasteiger partial charge in [0.15, 0.2) is 0 Å². The molecule has 1 heteroatoms. The van der Waals surface area contributed by atoms with Crippen molar-refractivity contribution in [2.75, 3.05) is 0 Å². The number of rotatable bonds is 2. The van der Waals surface area contributed by atoms with Crippen LogP contribution >= 0.6 is 0 Å². The first-order chi connectivity index (χ1) is 3.88. The first-order valence-electron chi connectivity index (χ1n) is 3.28. The first kappa shape index (κ1) is 5.62. The molecule has 0 aliphatic heterocycles. The zero-order valence-electron chi connectivity index (χ0n) is 5.22. The molecule has 0 saturated heterocycles. The van der Waals surface area contributed by atoms with E-state index in [0.717, 1.165) is 5.92 Å². The summed E-state index contributed by atoms with van der Waals surface area (Å²) in [4.78, 5) is 0. The van der Waals surface area contributed by atoms with Gasteiger partial charge >= 0.3 is 0 Å². The summed E-state index contributed by atoms with van der Waals surface area (Å²) in [6.07, 6.45) is 3.67. The minimum Gasteiger partial charge on any atom is -0.198 e. The summed E-state index contributed by atoms with van der Waals surface area (Å²) >= 11 is 0. The largest absolute Gasteiger partial charge is 0.198 e. The Balaban J connectivity index is 2.10. The van der Waals surface area contributed by atoms with Crippen LogP contribution in [0.4, 0.5) is 0 Å². The molecule has 0 bridgehead atoms. The third kappa shape index (κ3) is 1.01. The summed E-state index contributed by atoms with van der Waals surface area (Å²) < 4.78 is 0. The van der Waals surface area contributed by atoms with Crippen molar-refractivity contribution in [3.8, 4) is 6.07 Å². The zero-order chi connectivity index (χ0) is 5.98. The molecule has 1 saturated carbocycles. The average molecular weight is 109 g/mol. The number of nitriles is 1. The van der Waals surface area contributed by atoms with Gasteiger partial charge in [0.05, 0.1) is 6.07 Å². The van der Waals surface area contributed by atoms with E-state index in [2.05, 4.69) is 13.0 Å². The van der Waals surface area contributed by atoms with Crippen LogP contribution in [-0.2, 0) is 0 Å². The molecule has 1 nitrogen and oxygen atoms in total. The van der Waals surface area contributed by atoms with Crippen molar-refractivity contribution in [1.82, 2.24) is 0 Å². The van der Waals surface area contributed by atoms with E-state index in [1.54, 1.807) is 0 Å². The molecule has 1 rings (SSSR count). The third-order valence-electron chi connectivity index (χ3n) is 1.75. The third-order valence-corrected chi connectivity index (χ3v) is 1.75. The second-order valence-corrected chi connectivity index (χ2v) is 2.52. The number of hydrogen-bond acceptors (Lipinski definition) is 1. The maximum absolute atomic E-state index is 8.35. The molecule has 2 atom stereocenters. The van der Waals surface area contributed by atoms with Gasteiger partial charge in [-0.2, -0.15) is 5.26 Å². The van der Waals surface area contributed by atoms with Crippen LogP contribution in [0.1, 0.15) is 26.2 Å². The van der Waals surface area contributed by atoms with Gasteiger partial charge in [-0.05, 0) is 18.8 Å². The Hall–Kier alpha value is -0.510. The van der Waals surface area contributed by atoms with E-state index in [4.69, 9.17) is 5.26 Å². The second kappa shape index (κ2) is 2.17. The van der Waals surface area contributed by atoms with Gasteiger partial charge in [-0.25, -0.2) is 0 Å². The van der Waals surface area contributed by atoms with Crippen molar-refractivity contribution >= 4 is 0 Å². The fourth-order valence-electron chi connectivity index (χ4n) is 1.10. The number of hydrogen-bond donors (Lipinski definition) is 0. The van der Waals surface area contributed by atoms with Crippen molar-refractivity contribution < 1.29 is 0 Å². The van der Waals surface area contributed by atoms with E-state index in [9.17, 15) is 0 Å². The van der Waals surface area contributed by atoms with Crippen LogP contribution < -0.4 is 0 Å².